The van der Waals surface area contributed by atoms with Crippen LogP contribution in [0.5, 0.6) is 0 Å². The number of carbonyl (C=O) groups excluding carboxylic acids is 2. The number of furan rings is 1. The van der Waals surface area contributed by atoms with Gasteiger partial charge < -0.3 is 25.3 Å². The topological polar surface area (TPSA) is 146 Å². The first-order chi connectivity index (χ1) is 12.4. The van der Waals surface area contributed by atoms with E-state index in [4.69, 9.17) is 4.42 Å². The van der Waals surface area contributed by atoms with E-state index in [1.165, 1.54) is 13.8 Å². The first kappa shape index (κ1) is 22.2. The summed E-state index contributed by atoms with van der Waals surface area (Å²) in [5.74, 6) is -4.43. The van der Waals surface area contributed by atoms with Crippen molar-refractivity contribution in [2.45, 2.75) is 53.6 Å². The van der Waals surface area contributed by atoms with Crippen LogP contribution < -0.4 is 10.6 Å². The Morgan fingerprint density at radius 3 is 1.26 bits per heavy atom. The van der Waals surface area contributed by atoms with E-state index in [9.17, 15) is 29.4 Å². The van der Waals surface area contributed by atoms with Gasteiger partial charge in [-0.15, -0.1) is 0 Å². The van der Waals surface area contributed by atoms with Gasteiger partial charge in [0.25, 0.3) is 11.8 Å². The van der Waals surface area contributed by atoms with E-state index < -0.39 is 35.8 Å². The molecule has 1 aromatic heterocycles. The van der Waals surface area contributed by atoms with Crippen molar-refractivity contribution in [1.29, 1.82) is 0 Å². The fourth-order valence-electron chi connectivity index (χ4n) is 2.68. The summed E-state index contributed by atoms with van der Waals surface area (Å²) in [4.78, 5) is 48.0. The zero-order valence-corrected chi connectivity index (χ0v) is 16.2. The van der Waals surface area contributed by atoms with Crippen LogP contribution in [0.4, 0.5) is 0 Å². The molecule has 0 saturated heterocycles. The van der Waals surface area contributed by atoms with E-state index in [1.54, 1.807) is 27.7 Å². The lowest BCUT2D eigenvalue weighted by Gasteiger charge is -2.19. The first-order valence-electron chi connectivity index (χ1n) is 8.55. The Balaban J connectivity index is 3.25. The summed E-state index contributed by atoms with van der Waals surface area (Å²) >= 11 is 0. The number of carbonyl (C=O) groups is 4. The molecule has 0 aromatic carbocycles. The van der Waals surface area contributed by atoms with Crippen LogP contribution in [0.25, 0.3) is 0 Å². The van der Waals surface area contributed by atoms with Crippen LogP contribution in [0.15, 0.2) is 4.42 Å². The van der Waals surface area contributed by atoms with Gasteiger partial charge in [0.05, 0.1) is 11.1 Å². The third kappa shape index (κ3) is 5.08. The maximum absolute atomic E-state index is 12.6. The molecule has 1 rings (SSSR count). The average molecular weight is 382 g/mol. The molecule has 0 radical (unpaired) electrons. The molecular weight excluding hydrogens is 356 g/mol. The molecule has 1 heterocycles. The van der Waals surface area contributed by atoms with Crippen LogP contribution in [0.2, 0.25) is 0 Å². The van der Waals surface area contributed by atoms with Crippen molar-refractivity contribution < 1.29 is 33.8 Å². The normalized spacial score (nSPS) is 13.3. The van der Waals surface area contributed by atoms with E-state index in [2.05, 4.69) is 10.6 Å². The summed E-state index contributed by atoms with van der Waals surface area (Å²) in [6.07, 6.45) is 0. The minimum Gasteiger partial charge on any atom is -0.480 e. The Hall–Kier alpha value is -2.84. The molecule has 0 bridgehead atoms. The van der Waals surface area contributed by atoms with Crippen molar-refractivity contribution in [2.24, 2.45) is 11.8 Å². The van der Waals surface area contributed by atoms with E-state index in [-0.39, 0.29) is 34.5 Å². The summed E-state index contributed by atoms with van der Waals surface area (Å²) < 4.78 is 5.38. The van der Waals surface area contributed by atoms with Crippen molar-refractivity contribution >= 4 is 23.8 Å². The predicted octanol–water partition coefficient (Wildman–Crippen LogP) is 1.57. The average Bonchev–Trinajstić information content (AvgIpc) is 2.82. The van der Waals surface area contributed by atoms with Crippen molar-refractivity contribution in [1.82, 2.24) is 10.6 Å². The number of carboxylic acids is 2. The van der Waals surface area contributed by atoms with Gasteiger partial charge in [-0.05, 0) is 25.7 Å². The molecule has 2 atom stereocenters. The summed E-state index contributed by atoms with van der Waals surface area (Å²) in [5, 5.41) is 23.3. The number of aryl methyl sites for hydroxylation is 2. The van der Waals surface area contributed by atoms with E-state index in [0.717, 1.165) is 0 Å². The smallest absolute Gasteiger partial charge is 0.326 e. The largest absolute Gasteiger partial charge is 0.480 e. The third-order valence-electron chi connectivity index (χ3n) is 4.15. The fraction of sp³-hybridized carbons (Fsp3) is 0.556. The SMILES string of the molecule is Cc1oc(C)c(C(=O)N[C@@H](C(=O)O)C(C)C)c1C(=O)N[C@@H](C(=O)O)C(C)C. The van der Waals surface area contributed by atoms with E-state index in [1.807, 2.05) is 0 Å². The molecule has 0 aliphatic carbocycles. The quantitative estimate of drug-likeness (QED) is 0.534. The van der Waals surface area contributed by atoms with Crippen LogP contribution >= 0.6 is 0 Å². The Kier molecular flexibility index (Phi) is 7.15. The summed E-state index contributed by atoms with van der Waals surface area (Å²) in [6, 6.07) is -2.30. The number of nitrogens with one attached hydrogen (secondary N) is 2. The van der Waals surface area contributed by atoms with Crippen molar-refractivity contribution in [3.8, 4) is 0 Å². The number of rotatable bonds is 8. The van der Waals surface area contributed by atoms with Gasteiger partial charge in [0.1, 0.15) is 23.6 Å². The molecule has 0 fully saturated rings. The molecule has 9 nitrogen and oxygen atoms in total. The minimum absolute atomic E-state index is 0.107. The monoisotopic (exact) mass is 382 g/mol. The fourth-order valence-corrected chi connectivity index (χ4v) is 2.68. The van der Waals surface area contributed by atoms with Gasteiger partial charge in [0, 0.05) is 0 Å². The molecule has 0 spiro atoms. The number of carboxylic acid groups (broad SMARTS) is 2. The second-order valence-corrected chi connectivity index (χ2v) is 7.03. The number of amides is 2. The Labute approximate surface area is 157 Å². The molecule has 9 heteroatoms. The highest BCUT2D eigenvalue weighted by molar-refractivity contribution is 6.09. The van der Waals surface area contributed by atoms with Crippen molar-refractivity contribution in [2.75, 3.05) is 0 Å². The molecule has 0 saturated carbocycles. The highest BCUT2D eigenvalue weighted by Crippen LogP contribution is 2.23. The molecule has 27 heavy (non-hydrogen) atoms. The predicted molar refractivity (Wildman–Crippen MR) is 95.6 cm³/mol. The van der Waals surface area contributed by atoms with E-state index >= 15 is 0 Å². The molecule has 0 aliphatic rings. The third-order valence-corrected chi connectivity index (χ3v) is 4.15. The molecule has 150 valence electrons. The van der Waals surface area contributed by atoms with Gasteiger partial charge in [-0.3, -0.25) is 9.59 Å². The lowest BCUT2D eigenvalue weighted by atomic mass is 10.0. The maximum Gasteiger partial charge on any atom is 0.326 e. The molecule has 0 unspecified atom stereocenters. The second-order valence-electron chi connectivity index (χ2n) is 7.03. The van der Waals surface area contributed by atoms with Gasteiger partial charge in [-0.2, -0.15) is 0 Å². The highest BCUT2D eigenvalue weighted by Gasteiger charge is 2.32. The number of hydrogen-bond donors (Lipinski definition) is 4. The molecule has 2 amide bonds. The molecule has 1 aromatic rings. The second kappa shape index (κ2) is 8.70. The maximum atomic E-state index is 12.6. The first-order valence-corrected chi connectivity index (χ1v) is 8.55. The van der Waals surface area contributed by atoms with Crippen LogP contribution in [0.1, 0.15) is 59.9 Å². The van der Waals surface area contributed by atoms with Crippen molar-refractivity contribution in [3.05, 3.63) is 22.6 Å². The van der Waals surface area contributed by atoms with E-state index in [0.29, 0.717) is 0 Å². The Morgan fingerprint density at radius 2 is 1.04 bits per heavy atom. The van der Waals surface area contributed by atoms with Crippen LogP contribution in [-0.4, -0.2) is 46.0 Å². The van der Waals surface area contributed by atoms with Gasteiger partial charge in [-0.1, -0.05) is 27.7 Å². The number of aliphatic carboxylic acids is 2. The van der Waals surface area contributed by atoms with Crippen molar-refractivity contribution in [3.63, 3.8) is 0 Å². The molecule has 4 N–H and O–H groups in total. The zero-order valence-electron chi connectivity index (χ0n) is 16.2. The standard InChI is InChI=1S/C18H26N2O7/c1-7(2)13(17(23)24)19-15(21)11-9(5)27-10(6)12(11)16(22)20-14(8(3)4)18(25)26/h7-8,13-14H,1-6H3,(H,19,21)(H,20,22)(H,23,24)(H,25,26)/t13-,14-/m1/s1. The van der Waals surface area contributed by atoms with Gasteiger partial charge >= 0.3 is 11.9 Å². The zero-order chi connectivity index (χ0) is 21.0. The van der Waals surface area contributed by atoms with Crippen LogP contribution in [0.3, 0.4) is 0 Å². The summed E-state index contributed by atoms with van der Waals surface area (Å²) in [5.41, 5.74) is -0.213. The van der Waals surface area contributed by atoms with Crippen LogP contribution in [-0.2, 0) is 9.59 Å². The summed E-state index contributed by atoms with van der Waals surface area (Å²) in [7, 11) is 0. The Morgan fingerprint density at radius 1 is 0.741 bits per heavy atom. The van der Waals surface area contributed by atoms with Crippen LogP contribution in [0, 0.1) is 25.7 Å². The summed E-state index contributed by atoms with van der Waals surface area (Å²) in [6.45, 7) is 9.50. The van der Waals surface area contributed by atoms with Gasteiger partial charge in [0.15, 0.2) is 0 Å². The molecular formula is C18H26N2O7. The highest BCUT2D eigenvalue weighted by atomic mass is 16.4. The Bertz CT molecular complexity index is 689. The van der Waals surface area contributed by atoms with Gasteiger partial charge in [0.2, 0.25) is 0 Å². The van der Waals surface area contributed by atoms with Gasteiger partial charge in [-0.25, -0.2) is 9.59 Å². The molecule has 0 aliphatic heterocycles. The lowest BCUT2D eigenvalue weighted by Crippen LogP contribution is -2.46. The number of hydrogen-bond acceptors (Lipinski definition) is 5. The minimum atomic E-state index is -1.20. The lowest BCUT2D eigenvalue weighted by molar-refractivity contribution is -0.141.